The van der Waals surface area contributed by atoms with E-state index in [0.717, 1.165) is 12.6 Å². The van der Waals surface area contributed by atoms with Crippen LogP contribution in [0.4, 0.5) is 14.7 Å². The Morgan fingerprint density at radius 3 is 2.91 bits per heavy atom. The van der Waals surface area contributed by atoms with Crippen molar-refractivity contribution >= 4 is 11.9 Å². The van der Waals surface area contributed by atoms with E-state index >= 15 is 0 Å². The van der Waals surface area contributed by atoms with Crippen molar-refractivity contribution in [1.82, 2.24) is 9.97 Å². The fraction of sp³-hybridized carbons (Fsp3) is 0.533. The van der Waals surface area contributed by atoms with Gasteiger partial charge in [0.25, 0.3) is 6.43 Å². The molecular formula is C15H17F2N3O3. The van der Waals surface area contributed by atoms with E-state index in [1.807, 2.05) is 6.08 Å². The number of fused-ring (bicyclic) bond motifs is 2. The third-order valence-corrected chi connectivity index (χ3v) is 4.40. The van der Waals surface area contributed by atoms with Crippen molar-refractivity contribution in [2.45, 2.75) is 43.8 Å². The average molecular weight is 325 g/mol. The second kappa shape index (κ2) is 5.84. The smallest absolute Gasteiger partial charge is 0.339 e. The number of aromatic nitrogens is 2. The molecule has 1 fully saturated rings. The molecule has 124 valence electrons. The highest BCUT2D eigenvalue weighted by Gasteiger charge is 2.41. The van der Waals surface area contributed by atoms with E-state index in [2.05, 4.69) is 21.4 Å². The lowest BCUT2D eigenvalue weighted by Gasteiger charge is -2.45. The van der Waals surface area contributed by atoms with Crippen molar-refractivity contribution in [2.24, 2.45) is 5.92 Å². The number of carboxylic acid groups (broad SMARTS) is 1. The number of carbonyl (C=O) groups is 1. The normalized spacial score (nSPS) is 29.6. The van der Waals surface area contributed by atoms with E-state index in [1.165, 1.54) is 0 Å². The SMILES string of the molecule is O=C(O)c1cnc(NC23CC=CC(CC(O)C2)C3)nc1C(F)F. The molecule has 2 bridgehead atoms. The third kappa shape index (κ3) is 3.17. The van der Waals surface area contributed by atoms with Crippen molar-refractivity contribution in [3.8, 4) is 0 Å². The largest absolute Gasteiger partial charge is 0.478 e. The van der Waals surface area contributed by atoms with Gasteiger partial charge in [-0.05, 0) is 31.6 Å². The zero-order chi connectivity index (χ0) is 16.6. The average Bonchev–Trinajstić information content (AvgIpc) is 2.45. The summed E-state index contributed by atoms with van der Waals surface area (Å²) in [5, 5.41) is 22.0. The molecule has 1 saturated carbocycles. The maximum absolute atomic E-state index is 13.0. The second-order valence-electron chi connectivity index (χ2n) is 6.19. The molecule has 3 atom stereocenters. The Hall–Kier alpha value is -2.09. The molecule has 0 aromatic carbocycles. The molecular weight excluding hydrogens is 308 g/mol. The van der Waals surface area contributed by atoms with Crippen LogP contribution in [-0.4, -0.2) is 37.8 Å². The van der Waals surface area contributed by atoms with Crippen LogP contribution in [0.2, 0.25) is 0 Å². The molecule has 1 aromatic rings. The first-order valence-electron chi connectivity index (χ1n) is 7.40. The Balaban J connectivity index is 1.89. The molecule has 3 unspecified atom stereocenters. The summed E-state index contributed by atoms with van der Waals surface area (Å²) in [7, 11) is 0. The number of carboxylic acids is 1. The van der Waals surface area contributed by atoms with E-state index < -0.39 is 35.3 Å². The first-order chi connectivity index (χ1) is 10.9. The standard InChI is InChI=1S/C15H17F2N3O3/c16-12(17)11-10(13(22)23)7-18-14(19-11)20-15-3-1-2-8(5-15)4-9(21)6-15/h1-2,7-9,12,21H,3-6H2,(H,22,23)(H,18,19,20). The van der Waals surface area contributed by atoms with Crippen LogP contribution in [0.3, 0.4) is 0 Å². The molecule has 0 saturated heterocycles. The summed E-state index contributed by atoms with van der Waals surface area (Å²) in [5.41, 5.74) is -1.89. The number of hydrogen-bond donors (Lipinski definition) is 3. The summed E-state index contributed by atoms with van der Waals surface area (Å²) in [4.78, 5) is 18.5. The number of aliphatic hydroxyl groups excluding tert-OH is 1. The Kier molecular flexibility index (Phi) is 4.01. The number of aliphatic hydroxyl groups is 1. The fourth-order valence-electron chi connectivity index (χ4n) is 3.53. The van der Waals surface area contributed by atoms with Gasteiger partial charge in [-0.1, -0.05) is 12.2 Å². The number of rotatable bonds is 4. The molecule has 0 spiro atoms. The molecule has 6 nitrogen and oxygen atoms in total. The Morgan fingerprint density at radius 1 is 1.43 bits per heavy atom. The molecule has 1 heterocycles. The number of nitrogens with zero attached hydrogens (tertiary/aromatic N) is 2. The predicted molar refractivity (Wildman–Crippen MR) is 77.4 cm³/mol. The number of aromatic carboxylic acids is 1. The van der Waals surface area contributed by atoms with Crippen molar-refractivity contribution in [2.75, 3.05) is 5.32 Å². The Labute approximate surface area is 131 Å². The molecule has 8 heteroatoms. The lowest BCUT2D eigenvalue weighted by Crippen LogP contribution is -2.48. The molecule has 2 aliphatic rings. The van der Waals surface area contributed by atoms with Crippen LogP contribution in [0.5, 0.6) is 0 Å². The van der Waals surface area contributed by atoms with Gasteiger partial charge in [0, 0.05) is 11.7 Å². The highest BCUT2D eigenvalue weighted by molar-refractivity contribution is 5.88. The van der Waals surface area contributed by atoms with Gasteiger partial charge >= 0.3 is 5.97 Å². The number of allylic oxidation sites excluding steroid dienone is 1. The van der Waals surface area contributed by atoms with E-state index in [1.54, 1.807) is 0 Å². The summed E-state index contributed by atoms with van der Waals surface area (Å²) in [5.74, 6) is -1.29. The molecule has 0 radical (unpaired) electrons. The Bertz CT molecular complexity index is 653. The van der Waals surface area contributed by atoms with Gasteiger partial charge in [0.2, 0.25) is 5.95 Å². The number of anilines is 1. The van der Waals surface area contributed by atoms with Crippen molar-refractivity contribution < 1.29 is 23.8 Å². The monoisotopic (exact) mass is 325 g/mol. The van der Waals surface area contributed by atoms with Gasteiger partial charge in [-0.2, -0.15) is 0 Å². The van der Waals surface area contributed by atoms with Crippen LogP contribution >= 0.6 is 0 Å². The summed E-state index contributed by atoms with van der Waals surface area (Å²) < 4.78 is 26.1. The van der Waals surface area contributed by atoms with Crippen molar-refractivity contribution in [1.29, 1.82) is 0 Å². The van der Waals surface area contributed by atoms with Crippen molar-refractivity contribution in [3.63, 3.8) is 0 Å². The summed E-state index contributed by atoms with van der Waals surface area (Å²) >= 11 is 0. The quantitative estimate of drug-likeness (QED) is 0.736. The minimum absolute atomic E-state index is 0.0338. The predicted octanol–water partition coefficient (Wildman–Crippen LogP) is 2.38. The maximum atomic E-state index is 13.0. The Morgan fingerprint density at radius 2 is 2.22 bits per heavy atom. The molecule has 3 rings (SSSR count). The minimum atomic E-state index is -3.00. The summed E-state index contributed by atoms with van der Waals surface area (Å²) in [6.45, 7) is 0. The van der Waals surface area contributed by atoms with Gasteiger partial charge in [0.15, 0.2) is 0 Å². The van der Waals surface area contributed by atoms with E-state index in [9.17, 15) is 18.7 Å². The summed E-state index contributed by atoms with van der Waals surface area (Å²) in [6.07, 6.45) is 4.03. The first kappa shape index (κ1) is 15.8. The van der Waals surface area contributed by atoms with Crippen LogP contribution in [-0.2, 0) is 0 Å². The number of hydrogen-bond acceptors (Lipinski definition) is 5. The van der Waals surface area contributed by atoms with Crippen LogP contribution in [0, 0.1) is 5.92 Å². The minimum Gasteiger partial charge on any atom is -0.478 e. The molecule has 3 N–H and O–H groups in total. The van der Waals surface area contributed by atoms with Gasteiger partial charge < -0.3 is 15.5 Å². The molecule has 0 amide bonds. The lowest BCUT2D eigenvalue weighted by molar-refractivity contribution is 0.0681. The van der Waals surface area contributed by atoms with E-state index in [-0.39, 0.29) is 11.9 Å². The van der Waals surface area contributed by atoms with E-state index in [0.29, 0.717) is 19.3 Å². The third-order valence-electron chi connectivity index (χ3n) is 4.40. The van der Waals surface area contributed by atoms with Crippen LogP contribution in [0.15, 0.2) is 18.3 Å². The molecule has 0 aliphatic heterocycles. The zero-order valence-electron chi connectivity index (χ0n) is 12.2. The zero-order valence-corrected chi connectivity index (χ0v) is 12.2. The number of alkyl halides is 2. The second-order valence-corrected chi connectivity index (χ2v) is 6.19. The first-order valence-corrected chi connectivity index (χ1v) is 7.40. The van der Waals surface area contributed by atoms with Gasteiger partial charge in [-0.25, -0.2) is 23.5 Å². The van der Waals surface area contributed by atoms with Crippen molar-refractivity contribution in [3.05, 3.63) is 29.6 Å². The molecule has 1 aromatic heterocycles. The number of nitrogens with one attached hydrogen (secondary N) is 1. The molecule has 23 heavy (non-hydrogen) atoms. The van der Waals surface area contributed by atoms with E-state index in [4.69, 9.17) is 5.11 Å². The van der Waals surface area contributed by atoms with Gasteiger partial charge in [0.05, 0.1) is 6.10 Å². The van der Waals surface area contributed by atoms with Gasteiger partial charge in [0.1, 0.15) is 11.3 Å². The highest BCUT2D eigenvalue weighted by Crippen LogP contribution is 2.41. The highest BCUT2D eigenvalue weighted by atomic mass is 19.3. The van der Waals surface area contributed by atoms with Gasteiger partial charge in [-0.15, -0.1) is 0 Å². The maximum Gasteiger partial charge on any atom is 0.339 e. The topological polar surface area (TPSA) is 95.3 Å². The van der Waals surface area contributed by atoms with Gasteiger partial charge in [-0.3, -0.25) is 0 Å². The number of halogens is 2. The summed E-state index contributed by atoms with van der Waals surface area (Å²) in [6, 6.07) is 0. The van der Waals surface area contributed by atoms with Crippen LogP contribution in [0.1, 0.15) is 48.2 Å². The lowest BCUT2D eigenvalue weighted by atomic mass is 9.69. The molecule has 2 aliphatic carbocycles. The van der Waals surface area contributed by atoms with Crippen LogP contribution in [0.25, 0.3) is 0 Å². The van der Waals surface area contributed by atoms with Crippen LogP contribution < -0.4 is 5.32 Å². The fourth-order valence-corrected chi connectivity index (χ4v) is 3.53.